The Morgan fingerprint density at radius 3 is 2.11 bits per heavy atom. The lowest BCUT2D eigenvalue weighted by Gasteiger charge is -2.36. The van der Waals surface area contributed by atoms with Gasteiger partial charge in [-0.05, 0) is 44.2 Å². The van der Waals surface area contributed by atoms with Gasteiger partial charge in [-0.15, -0.1) is 0 Å². The Kier molecular flexibility index (Phi) is 5.50. The average Bonchev–Trinajstić information content (AvgIpc) is 2.64. The van der Waals surface area contributed by atoms with Crippen LogP contribution in [0.25, 0.3) is 0 Å². The molecule has 1 saturated carbocycles. The zero-order valence-electron chi connectivity index (χ0n) is 12.5. The Labute approximate surface area is 114 Å². The summed E-state index contributed by atoms with van der Waals surface area (Å²) >= 11 is 0. The van der Waals surface area contributed by atoms with Gasteiger partial charge in [-0.3, -0.25) is 0 Å². The van der Waals surface area contributed by atoms with E-state index in [-0.39, 0.29) is 0 Å². The minimum atomic E-state index is 0.592. The summed E-state index contributed by atoms with van der Waals surface area (Å²) < 4.78 is 0. The van der Waals surface area contributed by atoms with Crippen molar-refractivity contribution >= 4 is 0 Å². The number of nitrogens with zero attached hydrogens (tertiary/aromatic N) is 1. The third-order valence-corrected chi connectivity index (χ3v) is 4.81. The Hall–Kier alpha value is -0.0800. The van der Waals surface area contributed by atoms with Crippen LogP contribution in [0.15, 0.2) is 0 Å². The highest BCUT2D eigenvalue weighted by Crippen LogP contribution is 2.38. The van der Waals surface area contributed by atoms with E-state index in [2.05, 4.69) is 24.1 Å². The molecule has 1 heterocycles. The molecule has 0 amide bonds. The minimum absolute atomic E-state index is 0.592. The van der Waals surface area contributed by atoms with Crippen LogP contribution >= 0.6 is 0 Å². The fourth-order valence-corrected chi connectivity index (χ4v) is 3.71. The minimum Gasteiger partial charge on any atom is -0.314 e. The second kappa shape index (κ2) is 6.91. The van der Waals surface area contributed by atoms with Gasteiger partial charge in [0, 0.05) is 19.1 Å². The van der Waals surface area contributed by atoms with E-state index in [4.69, 9.17) is 0 Å². The van der Waals surface area contributed by atoms with E-state index in [1.807, 2.05) is 0 Å². The van der Waals surface area contributed by atoms with Gasteiger partial charge in [0.2, 0.25) is 0 Å². The molecule has 2 rings (SSSR count). The molecule has 0 atom stereocenters. The second-order valence-corrected chi connectivity index (χ2v) is 6.93. The summed E-state index contributed by atoms with van der Waals surface area (Å²) in [6.45, 7) is 9.84. The predicted octanol–water partition coefficient (Wildman–Crippen LogP) is 3.42. The standard InChI is InChI=1S/C16H32N2/c1-15(2)17-13-16(9-5-6-10-16)14-18-11-7-3-4-8-12-18/h15,17H,3-14H2,1-2H3. The predicted molar refractivity (Wildman–Crippen MR) is 78.9 cm³/mol. The van der Waals surface area contributed by atoms with Gasteiger partial charge in [0.15, 0.2) is 0 Å². The summed E-state index contributed by atoms with van der Waals surface area (Å²) in [4.78, 5) is 2.76. The molecule has 0 aromatic rings. The van der Waals surface area contributed by atoms with Crippen LogP contribution in [0.1, 0.15) is 65.2 Å². The molecule has 1 aliphatic carbocycles. The lowest BCUT2D eigenvalue weighted by Crippen LogP contribution is -2.44. The molecule has 18 heavy (non-hydrogen) atoms. The Balaban J connectivity index is 1.87. The second-order valence-electron chi connectivity index (χ2n) is 6.93. The van der Waals surface area contributed by atoms with Gasteiger partial charge < -0.3 is 10.2 Å². The van der Waals surface area contributed by atoms with E-state index in [1.165, 1.54) is 77.5 Å². The number of nitrogens with one attached hydrogen (secondary N) is 1. The maximum atomic E-state index is 3.71. The van der Waals surface area contributed by atoms with Crippen LogP contribution < -0.4 is 5.32 Å². The van der Waals surface area contributed by atoms with E-state index in [1.54, 1.807) is 0 Å². The van der Waals surface area contributed by atoms with Crippen molar-refractivity contribution in [3.8, 4) is 0 Å². The molecule has 2 nitrogen and oxygen atoms in total. The Morgan fingerprint density at radius 2 is 1.56 bits per heavy atom. The van der Waals surface area contributed by atoms with Crippen molar-refractivity contribution < 1.29 is 0 Å². The summed E-state index contributed by atoms with van der Waals surface area (Å²) in [5.41, 5.74) is 0.592. The van der Waals surface area contributed by atoms with Crippen LogP contribution in [-0.2, 0) is 0 Å². The zero-order chi connectivity index (χ0) is 12.8. The van der Waals surface area contributed by atoms with Gasteiger partial charge in [0.05, 0.1) is 0 Å². The van der Waals surface area contributed by atoms with E-state index in [0.717, 1.165) is 0 Å². The quantitative estimate of drug-likeness (QED) is 0.806. The van der Waals surface area contributed by atoms with Crippen LogP contribution in [0.2, 0.25) is 0 Å². The molecule has 2 aliphatic rings. The molecule has 1 aliphatic heterocycles. The molecule has 1 N–H and O–H groups in total. The monoisotopic (exact) mass is 252 g/mol. The van der Waals surface area contributed by atoms with Crippen molar-refractivity contribution in [1.29, 1.82) is 0 Å². The lowest BCUT2D eigenvalue weighted by atomic mass is 9.85. The first-order valence-electron chi connectivity index (χ1n) is 8.16. The van der Waals surface area contributed by atoms with Gasteiger partial charge in [0.25, 0.3) is 0 Å². The number of rotatable bonds is 5. The molecule has 2 fully saturated rings. The fourth-order valence-electron chi connectivity index (χ4n) is 3.71. The van der Waals surface area contributed by atoms with E-state index >= 15 is 0 Å². The Bertz CT molecular complexity index is 223. The van der Waals surface area contributed by atoms with Crippen molar-refractivity contribution in [3.63, 3.8) is 0 Å². The van der Waals surface area contributed by atoms with Crippen LogP contribution in [0.4, 0.5) is 0 Å². The summed E-state index contributed by atoms with van der Waals surface area (Å²) in [7, 11) is 0. The van der Waals surface area contributed by atoms with Crippen molar-refractivity contribution in [1.82, 2.24) is 10.2 Å². The molecule has 0 radical (unpaired) electrons. The van der Waals surface area contributed by atoms with Gasteiger partial charge in [-0.1, -0.05) is 39.5 Å². The number of likely N-dealkylation sites (tertiary alicyclic amines) is 1. The molecule has 106 valence electrons. The molecule has 0 bridgehead atoms. The van der Waals surface area contributed by atoms with Crippen molar-refractivity contribution in [2.45, 2.75) is 71.3 Å². The fraction of sp³-hybridized carbons (Fsp3) is 1.00. The molecular weight excluding hydrogens is 220 g/mol. The van der Waals surface area contributed by atoms with E-state index < -0.39 is 0 Å². The first-order valence-corrected chi connectivity index (χ1v) is 8.16. The highest BCUT2D eigenvalue weighted by Gasteiger charge is 2.35. The van der Waals surface area contributed by atoms with Gasteiger partial charge in [-0.25, -0.2) is 0 Å². The van der Waals surface area contributed by atoms with Gasteiger partial charge >= 0.3 is 0 Å². The topological polar surface area (TPSA) is 15.3 Å². The normalized spacial score (nSPS) is 25.5. The first-order chi connectivity index (χ1) is 8.70. The zero-order valence-corrected chi connectivity index (χ0v) is 12.5. The third kappa shape index (κ3) is 4.24. The highest BCUT2D eigenvalue weighted by atomic mass is 15.1. The number of hydrogen-bond donors (Lipinski definition) is 1. The summed E-state index contributed by atoms with van der Waals surface area (Å²) in [5.74, 6) is 0. The molecule has 1 saturated heterocycles. The highest BCUT2D eigenvalue weighted by molar-refractivity contribution is 4.90. The maximum Gasteiger partial charge on any atom is 0.00501 e. The molecular formula is C16H32N2. The van der Waals surface area contributed by atoms with Gasteiger partial charge in [-0.2, -0.15) is 0 Å². The summed E-state index contributed by atoms with van der Waals surface area (Å²) in [6, 6.07) is 0.631. The van der Waals surface area contributed by atoms with Crippen molar-refractivity contribution in [3.05, 3.63) is 0 Å². The SMILES string of the molecule is CC(C)NCC1(CN2CCCCCC2)CCCC1. The third-order valence-electron chi connectivity index (χ3n) is 4.81. The first kappa shape index (κ1) is 14.3. The van der Waals surface area contributed by atoms with E-state index in [9.17, 15) is 0 Å². The molecule has 2 heteroatoms. The summed E-state index contributed by atoms with van der Waals surface area (Å²) in [5, 5.41) is 3.71. The van der Waals surface area contributed by atoms with Crippen LogP contribution in [0, 0.1) is 5.41 Å². The van der Waals surface area contributed by atoms with Crippen molar-refractivity contribution in [2.24, 2.45) is 5.41 Å². The van der Waals surface area contributed by atoms with Crippen LogP contribution in [0.5, 0.6) is 0 Å². The van der Waals surface area contributed by atoms with Crippen molar-refractivity contribution in [2.75, 3.05) is 26.2 Å². The van der Waals surface area contributed by atoms with Gasteiger partial charge in [0.1, 0.15) is 0 Å². The van der Waals surface area contributed by atoms with Crippen LogP contribution in [-0.4, -0.2) is 37.1 Å². The maximum absolute atomic E-state index is 3.71. The Morgan fingerprint density at radius 1 is 0.944 bits per heavy atom. The average molecular weight is 252 g/mol. The lowest BCUT2D eigenvalue weighted by molar-refractivity contribution is 0.149. The molecule has 0 unspecified atom stereocenters. The number of hydrogen-bond acceptors (Lipinski definition) is 2. The smallest absolute Gasteiger partial charge is 0.00501 e. The van der Waals surface area contributed by atoms with E-state index in [0.29, 0.717) is 11.5 Å². The molecule has 0 aromatic carbocycles. The largest absolute Gasteiger partial charge is 0.314 e. The summed E-state index contributed by atoms with van der Waals surface area (Å²) in [6.07, 6.45) is 11.6. The van der Waals surface area contributed by atoms with Crippen LogP contribution in [0.3, 0.4) is 0 Å². The molecule has 0 aromatic heterocycles. The molecule has 0 spiro atoms.